The van der Waals surface area contributed by atoms with E-state index >= 15 is 0 Å². The number of fused-ring (bicyclic) bond motifs is 1. The molecule has 2 aliphatic rings. The number of anilines is 1. The highest BCUT2D eigenvalue weighted by Gasteiger charge is 2.41. The Morgan fingerprint density at radius 2 is 1.85 bits per heavy atom. The Kier molecular flexibility index (Phi) is 6.66. The lowest BCUT2D eigenvalue weighted by Crippen LogP contribution is -2.32. The maximum atomic E-state index is 12.8. The van der Waals surface area contributed by atoms with E-state index in [-0.39, 0.29) is 24.8 Å². The van der Waals surface area contributed by atoms with Gasteiger partial charge >= 0.3 is 0 Å². The Balaban J connectivity index is 1.33. The van der Waals surface area contributed by atoms with Crippen LogP contribution in [0.3, 0.4) is 0 Å². The van der Waals surface area contributed by atoms with E-state index in [0.29, 0.717) is 18.1 Å². The van der Waals surface area contributed by atoms with Gasteiger partial charge in [0.15, 0.2) is 16.6 Å². The third-order valence-corrected chi connectivity index (χ3v) is 7.59. The van der Waals surface area contributed by atoms with E-state index in [1.165, 1.54) is 0 Å². The number of aryl methyl sites for hydroxylation is 1. The van der Waals surface area contributed by atoms with E-state index in [1.807, 2.05) is 66.7 Å². The quantitative estimate of drug-likeness (QED) is 0.312. The third kappa shape index (κ3) is 4.81. The Morgan fingerprint density at radius 1 is 1.05 bits per heavy atom. The SMILES string of the molecule is Cc1cc(C2C(c3ccccn3)NC(=S)N2CCC(=O)Nc2ccccc2)c(C)n1-c1ccc2c(c1)OCO2. The molecule has 2 aromatic carbocycles. The zero-order valence-corrected chi connectivity index (χ0v) is 22.6. The van der Waals surface area contributed by atoms with E-state index in [0.717, 1.165) is 45.5 Å². The number of nitrogens with zero attached hydrogens (tertiary/aromatic N) is 3. The predicted molar refractivity (Wildman–Crippen MR) is 153 cm³/mol. The number of nitrogens with one attached hydrogen (secondary N) is 2. The molecule has 1 amide bonds. The summed E-state index contributed by atoms with van der Waals surface area (Å²) >= 11 is 5.82. The summed E-state index contributed by atoms with van der Waals surface area (Å²) in [5.41, 5.74) is 5.96. The van der Waals surface area contributed by atoms with Crippen LogP contribution in [-0.4, -0.2) is 38.8 Å². The van der Waals surface area contributed by atoms with Crippen LogP contribution in [0.5, 0.6) is 11.5 Å². The van der Waals surface area contributed by atoms with Crippen molar-refractivity contribution in [1.82, 2.24) is 19.8 Å². The molecule has 2 atom stereocenters. The van der Waals surface area contributed by atoms with Crippen molar-refractivity contribution in [3.63, 3.8) is 0 Å². The van der Waals surface area contributed by atoms with E-state index < -0.39 is 0 Å². The van der Waals surface area contributed by atoms with Gasteiger partial charge < -0.3 is 29.6 Å². The van der Waals surface area contributed by atoms with Crippen molar-refractivity contribution in [3.05, 3.63) is 102 Å². The maximum Gasteiger partial charge on any atom is 0.231 e. The lowest BCUT2D eigenvalue weighted by atomic mass is 9.96. The molecule has 8 nitrogen and oxygen atoms in total. The van der Waals surface area contributed by atoms with E-state index in [9.17, 15) is 4.79 Å². The molecule has 0 saturated carbocycles. The van der Waals surface area contributed by atoms with Gasteiger partial charge in [0.05, 0.1) is 17.8 Å². The number of hydrogen-bond donors (Lipinski definition) is 2. The first kappa shape index (κ1) is 24.9. The van der Waals surface area contributed by atoms with Crippen LogP contribution in [0.4, 0.5) is 5.69 Å². The van der Waals surface area contributed by atoms with Crippen molar-refractivity contribution < 1.29 is 14.3 Å². The van der Waals surface area contributed by atoms with Crippen molar-refractivity contribution in [2.24, 2.45) is 0 Å². The molecule has 0 spiro atoms. The van der Waals surface area contributed by atoms with Crippen molar-refractivity contribution in [2.45, 2.75) is 32.4 Å². The number of thiocarbonyl (C=S) groups is 1. The fourth-order valence-electron chi connectivity index (χ4n) is 5.46. The maximum absolute atomic E-state index is 12.8. The summed E-state index contributed by atoms with van der Waals surface area (Å²) in [5, 5.41) is 7.07. The van der Waals surface area contributed by atoms with Crippen molar-refractivity contribution in [2.75, 3.05) is 18.7 Å². The van der Waals surface area contributed by atoms with Gasteiger partial charge in [-0.25, -0.2) is 0 Å². The van der Waals surface area contributed by atoms with Gasteiger partial charge in [-0.05, 0) is 74.1 Å². The Bertz CT molecular complexity index is 1520. The minimum Gasteiger partial charge on any atom is -0.454 e. The zero-order chi connectivity index (χ0) is 26.9. The number of ether oxygens (including phenoxy) is 2. The number of rotatable bonds is 7. The Morgan fingerprint density at radius 3 is 2.64 bits per heavy atom. The molecule has 0 radical (unpaired) electrons. The minimum atomic E-state index is -0.165. The van der Waals surface area contributed by atoms with Gasteiger partial charge in [-0.1, -0.05) is 24.3 Å². The molecule has 198 valence electrons. The van der Waals surface area contributed by atoms with Gasteiger partial charge in [-0.15, -0.1) is 0 Å². The van der Waals surface area contributed by atoms with Crippen LogP contribution in [-0.2, 0) is 4.79 Å². The zero-order valence-electron chi connectivity index (χ0n) is 21.8. The van der Waals surface area contributed by atoms with Crippen LogP contribution in [0.2, 0.25) is 0 Å². The summed E-state index contributed by atoms with van der Waals surface area (Å²) in [5.74, 6) is 1.43. The molecule has 4 aromatic rings. The second kappa shape index (κ2) is 10.4. The highest BCUT2D eigenvalue weighted by molar-refractivity contribution is 7.80. The molecule has 9 heteroatoms. The molecule has 1 saturated heterocycles. The van der Waals surface area contributed by atoms with Crippen LogP contribution in [0.15, 0.2) is 79.0 Å². The minimum absolute atomic E-state index is 0.0603. The number of hydrogen-bond acceptors (Lipinski definition) is 5. The average Bonchev–Trinajstić information content (AvgIpc) is 3.63. The van der Waals surface area contributed by atoms with Gasteiger partial charge in [-0.2, -0.15) is 0 Å². The van der Waals surface area contributed by atoms with Crippen molar-refractivity contribution in [3.8, 4) is 17.2 Å². The number of carbonyl (C=O) groups is 1. The van der Waals surface area contributed by atoms with Crippen LogP contribution in [0, 0.1) is 13.8 Å². The fourth-order valence-corrected chi connectivity index (χ4v) is 5.79. The number of pyridine rings is 1. The molecule has 6 rings (SSSR count). The first-order chi connectivity index (χ1) is 19.0. The number of amides is 1. The van der Waals surface area contributed by atoms with Gasteiger partial charge in [0.25, 0.3) is 0 Å². The van der Waals surface area contributed by atoms with Crippen LogP contribution in [0.1, 0.15) is 41.1 Å². The average molecular weight is 540 g/mol. The molecule has 2 unspecified atom stereocenters. The molecular weight excluding hydrogens is 510 g/mol. The number of benzene rings is 2. The van der Waals surface area contributed by atoms with E-state index in [4.69, 9.17) is 21.7 Å². The molecule has 0 aliphatic carbocycles. The lowest BCUT2D eigenvalue weighted by Gasteiger charge is -2.28. The molecule has 0 bridgehead atoms. The highest BCUT2D eigenvalue weighted by Crippen LogP contribution is 2.42. The van der Waals surface area contributed by atoms with Crippen molar-refractivity contribution >= 4 is 28.9 Å². The second-order valence-corrected chi connectivity index (χ2v) is 10.1. The summed E-state index contributed by atoms with van der Waals surface area (Å²) in [6.07, 6.45) is 2.09. The van der Waals surface area contributed by atoms with Gasteiger partial charge in [0.2, 0.25) is 12.7 Å². The third-order valence-electron chi connectivity index (χ3n) is 7.24. The Labute approximate surface area is 232 Å². The molecule has 39 heavy (non-hydrogen) atoms. The molecule has 2 aliphatic heterocycles. The standard InChI is InChI=1S/C30H29N5O3S/c1-19-16-23(20(2)35(19)22-11-12-25-26(17-22)38-18-37-25)29-28(24-10-6-7-14-31-24)33-30(39)34(29)15-13-27(36)32-21-8-4-3-5-9-21/h3-12,14,16-17,28-29H,13,15,18H2,1-2H3,(H,32,36)(H,33,39). The van der Waals surface area contributed by atoms with E-state index in [1.54, 1.807) is 6.20 Å². The highest BCUT2D eigenvalue weighted by atomic mass is 32.1. The molecule has 4 heterocycles. The lowest BCUT2D eigenvalue weighted by molar-refractivity contribution is -0.116. The first-order valence-electron chi connectivity index (χ1n) is 12.9. The van der Waals surface area contributed by atoms with Crippen LogP contribution < -0.4 is 20.1 Å². The molecular formula is C30H29N5O3S. The summed E-state index contributed by atoms with van der Waals surface area (Å²) < 4.78 is 13.4. The smallest absolute Gasteiger partial charge is 0.231 e. The second-order valence-electron chi connectivity index (χ2n) is 9.68. The van der Waals surface area contributed by atoms with Crippen LogP contribution >= 0.6 is 12.2 Å². The molecule has 2 aromatic heterocycles. The summed E-state index contributed by atoms with van der Waals surface area (Å²) in [6, 6.07) is 23.3. The normalized spacial score (nSPS) is 17.8. The molecule has 2 N–H and O–H groups in total. The van der Waals surface area contributed by atoms with Gasteiger partial charge in [-0.3, -0.25) is 9.78 Å². The van der Waals surface area contributed by atoms with Gasteiger partial charge in [0, 0.05) is 48.0 Å². The van der Waals surface area contributed by atoms with E-state index in [2.05, 4.69) is 45.0 Å². The summed E-state index contributed by atoms with van der Waals surface area (Å²) in [6.45, 7) is 4.91. The number of aromatic nitrogens is 2. The topological polar surface area (TPSA) is 80.7 Å². The predicted octanol–water partition coefficient (Wildman–Crippen LogP) is 5.22. The summed E-state index contributed by atoms with van der Waals surface area (Å²) in [4.78, 5) is 19.6. The fraction of sp³-hybridized carbons (Fsp3) is 0.233. The van der Waals surface area contributed by atoms with Crippen molar-refractivity contribution in [1.29, 1.82) is 0 Å². The molecule has 1 fully saturated rings. The van der Waals surface area contributed by atoms with Gasteiger partial charge in [0.1, 0.15) is 0 Å². The number of carbonyl (C=O) groups excluding carboxylic acids is 1. The first-order valence-corrected chi connectivity index (χ1v) is 13.3. The summed E-state index contributed by atoms with van der Waals surface area (Å²) in [7, 11) is 0. The number of para-hydroxylation sites is 1. The largest absolute Gasteiger partial charge is 0.454 e. The van der Waals surface area contributed by atoms with Crippen LogP contribution in [0.25, 0.3) is 5.69 Å². The monoisotopic (exact) mass is 539 g/mol. The Hall–Kier alpha value is -4.37.